The summed E-state index contributed by atoms with van der Waals surface area (Å²) in [4.78, 5) is 14.1. The Hall–Kier alpha value is -1.42. The molecule has 1 N–H and O–H groups in total. The van der Waals surface area contributed by atoms with Crippen LogP contribution in [0.5, 0.6) is 0 Å². The number of nitrogens with one attached hydrogen (secondary N) is 1. The van der Waals surface area contributed by atoms with E-state index in [0.29, 0.717) is 19.1 Å². The maximum atomic E-state index is 13.8. The molecule has 1 aliphatic heterocycles. The van der Waals surface area contributed by atoms with Gasteiger partial charge < -0.3 is 10.2 Å². The molecule has 2 rings (SSSR count). The molecule has 1 amide bonds. The molecule has 0 spiro atoms. The summed E-state index contributed by atoms with van der Waals surface area (Å²) in [6.45, 7) is 6.01. The predicted octanol–water partition coefficient (Wildman–Crippen LogP) is 2.35. The molecule has 1 aliphatic rings. The van der Waals surface area contributed by atoms with Crippen LogP contribution >= 0.6 is 0 Å². The molecule has 1 atom stereocenters. The number of carbonyl (C=O) groups excluding carboxylic acids is 1. The number of carbonyl (C=O) groups is 1. The van der Waals surface area contributed by atoms with E-state index in [4.69, 9.17) is 0 Å². The quantitative estimate of drug-likeness (QED) is 0.905. The second kappa shape index (κ2) is 6.15. The molecule has 1 saturated heterocycles. The summed E-state index contributed by atoms with van der Waals surface area (Å²) in [6, 6.07) is 5.11. The smallest absolute Gasteiger partial charge is 0.256 e. The van der Waals surface area contributed by atoms with Gasteiger partial charge in [0.2, 0.25) is 0 Å². The van der Waals surface area contributed by atoms with Crippen LogP contribution in [0.4, 0.5) is 4.39 Å². The minimum absolute atomic E-state index is 0.172. The Morgan fingerprint density at radius 2 is 2.32 bits per heavy atom. The van der Waals surface area contributed by atoms with Crippen LogP contribution in [0.25, 0.3) is 0 Å². The molecule has 0 saturated carbocycles. The van der Waals surface area contributed by atoms with Crippen molar-refractivity contribution in [2.45, 2.75) is 32.7 Å². The zero-order valence-corrected chi connectivity index (χ0v) is 11.6. The number of likely N-dealkylation sites (N-methyl/N-ethyl adjacent to an activating group) is 1. The third kappa shape index (κ3) is 3.32. The van der Waals surface area contributed by atoms with Gasteiger partial charge in [-0.3, -0.25) is 4.79 Å². The minimum Gasteiger partial charge on any atom is -0.337 e. The first kappa shape index (κ1) is 14.0. The molecule has 1 aromatic rings. The van der Waals surface area contributed by atoms with Gasteiger partial charge in [0.1, 0.15) is 5.82 Å². The molecular formula is C15H21FN2O. The van der Waals surface area contributed by atoms with Crippen LogP contribution in [0, 0.1) is 12.7 Å². The third-order valence-electron chi connectivity index (χ3n) is 3.63. The van der Waals surface area contributed by atoms with Crippen LogP contribution in [0.1, 0.15) is 35.7 Å². The van der Waals surface area contributed by atoms with Crippen molar-refractivity contribution in [3.8, 4) is 0 Å². The average molecular weight is 264 g/mol. The van der Waals surface area contributed by atoms with E-state index in [1.165, 1.54) is 6.07 Å². The highest BCUT2D eigenvalue weighted by atomic mass is 19.1. The lowest BCUT2D eigenvalue weighted by molar-refractivity contribution is 0.0746. The van der Waals surface area contributed by atoms with Crippen LogP contribution in [0.3, 0.4) is 0 Å². The van der Waals surface area contributed by atoms with E-state index in [9.17, 15) is 9.18 Å². The van der Waals surface area contributed by atoms with Crippen molar-refractivity contribution >= 4 is 5.91 Å². The number of amides is 1. The molecule has 1 heterocycles. The van der Waals surface area contributed by atoms with Gasteiger partial charge >= 0.3 is 0 Å². The summed E-state index contributed by atoms with van der Waals surface area (Å²) in [6.07, 6.45) is 2.23. The Kier molecular flexibility index (Phi) is 4.53. The fourth-order valence-electron chi connectivity index (χ4n) is 2.50. The maximum absolute atomic E-state index is 13.8. The second-order valence-corrected chi connectivity index (χ2v) is 5.12. The third-order valence-corrected chi connectivity index (χ3v) is 3.63. The maximum Gasteiger partial charge on any atom is 0.256 e. The zero-order chi connectivity index (χ0) is 13.8. The highest BCUT2D eigenvalue weighted by molar-refractivity contribution is 5.94. The molecule has 0 radical (unpaired) electrons. The summed E-state index contributed by atoms with van der Waals surface area (Å²) >= 11 is 0. The van der Waals surface area contributed by atoms with Crippen molar-refractivity contribution < 1.29 is 9.18 Å². The van der Waals surface area contributed by atoms with Gasteiger partial charge in [0.25, 0.3) is 5.91 Å². The van der Waals surface area contributed by atoms with Crippen molar-refractivity contribution in [1.29, 1.82) is 0 Å². The normalized spacial score (nSPS) is 18.6. The summed E-state index contributed by atoms with van der Waals surface area (Å²) in [5.74, 6) is -0.642. The van der Waals surface area contributed by atoms with Gasteiger partial charge in [0.05, 0.1) is 5.56 Å². The highest BCUT2D eigenvalue weighted by Crippen LogP contribution is 2.14. The van der Waals surface area contributed by atoms with Crippen molar-refractivity contribution in [2.24, 2.45) is 0 Å². The van der Waals surface area contributed by atoms with E-state index in [2.05, 4.69) is 5.32 Å². The standard InChI is InChI=1S/C15H21FN2O/c1-3-18(10-12-5-4-8-17-12)15(19)13-7-6-11(2)9-14(13)16/h6-7,9,12,17H,3-5,8,10H2,1-2H3. The van der Waals surface area contributed by atoms with E-state index in [0.717, 1.165) is 24.9 Å². The second-order valence-electron chi connectivity index (χ2n) is 5.12. The number of nitrogens with zero attached hydrogens (tertiary/aromatic N) is 1. The predicted molar refractivity (Wildman–Crippen MR) is 73.7 cm³/mol. The van der Waals surface area contributed by atoms with Crippen LogP contribution in [0.15, 0.2) is 18.2 Å². The molecular weight excluding hydrogens is 243 g/mol. The number of aryl methyl sites for hydroxylation is 1. The van der Waals surface area contributed by atoms with E-state index >= 15 is 0 Å². The molecule has 0 aromatic heterocycles. The lowest BCUT2D eigenvalue weighted by Crippen LogP contribution is -2.41. The van der Waals surface area contributed by atoms with Gasteiger partial charge in [-0.15, -0.1) is 0 Å². The Labute approximate surface area is 113 Å². The fourth-order valence-corrected chi connectivity index (χ4v) is 2.50. The van der Waals surface area contributed by atoms with Crippen LogP contribution in [0.2, 0.25) is 0 Å². The molecule has 1 aromatic carbocycles. The first-order chi connectivity index (χ1) is 9.11. The summed E-state index contributed by atoms with van der Waals surface area (Å²) in [5, 5.41) is 3.36. The highest BCUT2D eigenvalue weighted by Gasteiger charge is 2.23. The molecule has 104 valence electrons. The van der Waals surface area contributed by atoms with E-state index in [-0.39, 0.29) is 11.5 Å². The Morgan fingerprint density at radius 3 is 2.89 bits per heavy atom. The van der Waals surface area contributed by atoms with Gasteiger partial charge in [-0.1, -0.05) is 6.07 Å². The molecule has 0 aliphatic carbocycles. The van der Waals surface area contributed by atoms with Crippen molar-refractivity contribution in [2.75, 3.05) is 19.6 Å². The molecule has 1 unspecified atom stereocenters. The summed E-state index contributed by atoms with van der Waals surface area (Å²) in [7, 11) is 0. The number of rotatable bonds is 4. The van der Waals surface area contributed by atoms with Gasteiger partial charge in [-0.25, -0.2) is 4.39 Å². The number of halogens is 1. The summed E-state index contributed by atoms with van der Waals surface area (Å²) in [5.41, 5.74) is 1.00. The number of benzene rings is 1. The molecule has 1 fully saturated rings. The van der Waals surface area contributed by atoms with Crippen LogP contribution < -0.4 is 5.32 Å². The summed E-state index contributed by atoms with van der Waals surface area (Å²) < 4.78 is 13.8. The average Bonchev–Trinajstić information content (AvgIpc) is 2.88. The van der Waals surface area contributed by atoms with Crippen LogP contribution in [-0.2, 0) is 0 Å². The Bertz CT molecular complexity index is 455. The van der Waals surface area contributed by atoms with Gasteiger partial charge in [0, 0.05) is 19.1 Å². The molecule has 4 heteroatoms. The lowest BCUT2D eigenvalue weighted by Gasteiger charge is -2.24. The Balaban J connectivity index is 2.10. The van der Waals surface area contributed by atoms with Crippen molar-refractivity contribution in [3.05, 3.63) is 35.1 Å². The van der Waals surface area contributed by atoms with Gasteiger partial charge in [-0.05, 0) is 50.9 Å². The zero-order valence-electron chi connectivity index (χ0n) is 11.6. The van der Waals surface area contributed by atoms with E-state index in [1.54, 1.807) is 17.0 Å². The number of hydrogen-bond donors (Lipinski definition) is 1. The first-order valence-electron chi connectivity index (χ1n) is 6.90. The molecule has 0 bridgehead atoms. The van der Waals surface area contributed by atoms with Crippen LogP contribution in [-0.4, -0.2) is 36.5 Å². The van der Waals surface area contributed by atoms with Gasteiger partial charge in [0.15, 0.2) is 0 Å². The SMILES string of the molecule is CCN(CC1CCCN1)C(=O)c1ccc(C)cc1F. The minimum atomic E-state index is -0.428. The number of hydrogen-bond acceptors (Lipinski definition) is 2. The van der Waals surface area contributed by atoms with E-state index in [1.807, 2.05) is 13.8 Å². The largest absolute Gasteiger partial charge is 0.337 e. The molecule has 19 heavy (non-hydrogen) atoms. The first-order valence-corrected chi connectivity index (χ1v) is 6.90. The Morgan fingerprint density at radius 1 is 1.53 bits per heavy atom. The van der Waals surface area contributed by atoms with Gasteiger partial charge in [-0.2, -0.15) is 0 Å². The van der Waals surface area contributed by atoms with Crippen molar-refractivity contribution in [1.82, 2.24) is 10.2 Å². The van der Waals surface area contributed by atoms with Crippen molar-refractivity contribution in [3.63, 3.8) is 0 Å². The monoisotopic (exact) mass is 264 g/mol. The van der Waals surface area contributed by atoms with E-state index < -0.39 is 5.82 Å². The molecule has 3 nitrogen and oxygen atoms in total. The fraction of sp³-hybridized carbons (Fsp3) is 0.533. The topological polar surface area (TPSA) is 32.3 Å². The lowest BCUT2D eigenvalue weighted by atomic mass is 10.1.